The van der Waals surface area contributed by atoms with Crippen molar-refractivity contribution in [3.05, 3.63) is 53.5 Å². The van der Waals surface area contributed by atoms with E-state index < -0.39 is 0 Å². The smallest absolute Gasteiger partial charge is 0.123 e. The minimum atomic E-state index is 0.390. The molecule has 0 fully saturated rings. The number of hydrogen-bond acceptors (Lipinski definition) is 3. The summed E-state index contributed by atoms with van der Waals surface area (Å²) in [5.74, 6) is 0.975. The Morgan fingerprint density at radius 1 is 1.19 bits per heavy atom. The van der Waals surface area contributed by atoms with Gasteiger partial charge in [-0.1, -0.05) is 6.07 Å². The number of hydrogen-bond donors (Lipinski definition) is 1. The lowest BCUT2D eigenvalue weighted by molar-refractivity contribution is 0.771. The molecule has 2 aromatic heterocycles. The van der Waals surface area contributed by atoms with Crippen molar-refractivity contribution in [2.45, 2.75) is 18.8 Å². The van der Waals surface area contributed by atoms with Crippen molar-refractivity contribution in [3.63, 3.8) is 0 Å². The molecule has 2 heterocycles. The van der Waals surface area contributed by atoms with Crippen LogP contribution in [0.25, 0.3) is 0 Å². The zero-order valence-electron chi connectivity index (χ0n) is 8.93. The molecule has 0 spiro atoms. The van der Waals surface area contributed by atoms with Gasteiger partial charge in [-0.25, -0.2) is 4.98 Å². The first kappa shape index (κ1) is 9.33. The van der Waals surface area contributed by atoms with Crippen LogP contribution in [0.4, 0.5) is 5.82 Å². The van der Waals surface area contributed by atoms with Gasteiger partial charge in [-0.3, -0.25) is 4.98 Å². The summed E-state index contributed by atoms with van der Waals surface area (Å²) in [5, 5.41) is 0. The van der Waals surface area contributed by atoms with E-state index in [0.29, 0.717) is 11.7 Å². The number of aromatic nitrogens is 2. The van der Waals surface area contributed by atoms with E-state index in [9.17, 15) is 0 Å². The number of aryl methyl sites for hydroxylation is 1. The van der Waals surface area contributed by atoms with Crippen molar-refractivity contribution in [2.24, 2.45) is 0 Å². The first-order valence-corrected chi connectivity index (χ1v) is 5.50. The Morgan fingerprint density at radius 2 is 2.12 bits per heavy atom. The molecule has 16 heavy (non-hydrogen) atoms. The lowest BCUT2D eigenvalue weighted by Gasteiger charge is -2.10. The number of fused-ring (bicyclic) bond motifs is 1. The Bertz CT molecular complexity index is 522. The Labute approximate surface area is 94.4 Å². The van der Waals surface area contributed by atoms with E-state index in [1.165, 1.54) is 16.8 Å². The van der Waals surface area contributed by atoms with Crippen LogP contribution in [0.3, 0.4) is 0 Å². The van der Waals surface area contributed by atoms with E-state index in [2.05, 4.69) is 16.0 Å². The molecule has 0 aromatic carbocycles. The van der Waals surface area contributed by atoms with Gasteiger partial charge in [0.25, 0.3) is 0 Å². The molecular weight excluding hydrogens is 198 g/mol. The fourth-order valence-electron chi connectivity index (χ4n) is 2.42. The Hall–Kier alpha value is -1.90. The quantitative estimate of drug-likeness (QED) is 0.786. The summed E-state index contributed by atoms with van der Waals surface area (Å²) in [6.07, 6.45) is 5.86. The molecule has 80 valence electrons. The van der Waals surface area contributed by atoms with Crippen molar-refractivity contribution < 1.29 is 0 Å². The van der Waals surface area contributed by atoms with Crippen molar-refractivity contribution in [1.29, 1.82) is 0 Å². The van der Waals surface area contributed by atoms with Crippen LogP contribution in [-0.2, 0) is 6.42 Å². The van der Waals surface area contributed by atoms with Crippen molar-refractivity contribution in [2.75, 3.05) is 5.73 Å². The van der Waals surface area contributed by atoms with E-state index in [4.69, 9.17) is 5.73 Å². The van der Waals surface area contributed by atoms with Gasteiger partial charge in [-0.15, -0.1) is 0 Å². The maximum Gasteiger partial charge on any atom is 0.123 e. The molecule has 0 bridgehead atoms. The predicted molar refractivity (Wildman–Crippen MR) is 63.1 cm³/mol. The first-order chi connectivity index (χ1) is 7.84. The van der Waals surface area contributed by atoms with E-state index in [1.807, 2.05) is 24.4 Å². The molecule has 0 radical (unpaired) electrons. The standard InChI is InChI=1S/C13H13N3/c14-12-8-10(5-7-15-12)11-4-3-9-2-1-6-16-13(9)11/h1-2,5-8,11H,3-4H2,(H2,14,15). The maximum absolute atomic E-state index is 5.71. The minimum absolute atomic E-state index is 0.390. The lowest BCUT2D eigenvalue weighted by atomic mass is 9.97. The van der Waals surface area contributed by atoms with Crippen LogP contribution in [0.15, 0.2) is 36.7 Å². The fourth-order valence-corrected chi connectivity index (χ4v) is 2.42. The molecule has 1 aliphatic carbocycles. The second-order valence-corrected chi connectivity index (χ2v) is 4.15. The van der Waals surface area contributed by atoms with Crippen molar-refractivity contribution in [1.82, 2.24) is 9.97 Å². The van der Waals surface area contributed by atoms with E-state index in [0.717, 1.165) is 12.8 Å². The van der Waals surface area contributed by atoms with Gasteiger partial charge < -0.3 is 5.73 Å². The predicted octanol–water partition coefficient (Wildman–Crippen LogP) is 2.14. The highest BCUT2D eigenvalue weighted by molar-refractivity contribution is 5.41. The van der Waals surface area contributed by atoms with Crippen LogP contribution in [0, 0.1) is 0 Å². The number of anilines is 1. The highest BCUT2D eigenvalue weighted by Crippen LogP contribution is 2.36. The van der Waals surface area contributed by atoms with Gasteiger partial charge >= 0.3 is 0 Å². The van der Waals surface area contributed by atoms with Crippen LogP contribution in [0.1, 0.15) is 29.2 Å². The molecule has 1 atom stereocenters. The molecule has 3 heteroatoms. The average Bonchev–Trinajstić information content (AvgIpc) is 2.72. The second-order valence-electron chi connectivity index (χ2n) is 4.15. The van der Waals surface area contributed by atoms with Gasteiger partial charge in [0, 0.05) is 18.3 Å². The van der Waals surface area contributed by atoms with E-state index in [1.54, 1.807) is 6.20 Å². The minimum Gasteiger partial charge on any atom is -0.384 e. The molecule has 2 N–H and O–H groups in total. The normalized spacial score (nSPS) is 18.4. The monoisotopic (exact) mass is 211 g/mol. The van der Waals surface area contributed by atoms with E-state index in [-0.39, 0.29) is 0 Å². The van der Waals surface area contributed by atoms with Crippen LogP contribution >= 0.6 is 0 Å². The molecule has 0 saturated heterocycles. The second kappa shape index (κ2) is 3.59. The Balaban J connectivity index is 2.05. The molecule has 2 aromatic rings. The third-order valence-corrected chi connectivity index (χ3v) is 3.17. The van der Waals surface area contributed by atoms with Gasteiger partial charge in [0.05, 0.1) is 5.69 Å². The van der Waals surface area contributed by atoms with Gasteiger partial charge in [0.1, 0.15) is 5.82 Å². The van der Waals surface area contributed by atoms with Crippen LogP contribution in [0.2, 0.25) is 0 Å². The zero-order chi connectivity index (χ0) is 11.0. The summed E-state index contributed by atoms with van der Waals surface area (Å²) in [5.41, 5.74) is 9.51. The van der Waals surface area contributed by atoms with Gasteiger partial charge in [-0.05, 0) is 42.2 Å². The molecule has 3 nitrogen and oxygen atoms in total. The SMILES string of the molecule is Nc1cc(C2CCc3cccnc32)ccn1. The molecular formula is C13H13N3. The van der Waals surface area contributed by atoms with Gasteiger partial charge in [0.15, 0.2) is 0 Å². The summed E-state index contributed by atoms with van der Waals surface area (Å²) in [6, 6.07) is 8.15. The Morgan fingerprint density at radius 3 is 3.00 bits per heavy atom. The third-order valence-electron chi connectivity index (χ3n) is 3.17. The number of pyridine rings is 2. The average molecular weight is 211 g/mol. The summed E-state index contributed by atoms with van der Waals surface area (Å²) < 4.78 is 0. The number of rotatable bonds is 1. The number of nitrogens with two attached hydrogens (primary N) is 1. The third kappa shape index (κ3) is 1.45. The van der Waals surface area contributed by atoms with E-state index >= 15 is 0 Å². The molecule has 0 aliphatic heterocycles. The van der Waals surface area contributed by atoms with Gasteiger partial charge in [0.2, 0.25) is 0 Å². The summed E-state index contributed by atoms with van der Waals surface area (Å²) in [7, 11) is 0. The van der Waals surface area contributed by atoms with Gasteiger partial charge in [-0.2, -0.15) is 0 Å². The highest BCUT2D eigenvalue weighted by atomic mass is 14.8. The highest BCUT2D eigenvalue weighted by Gasteiger charge is 2.24. The molecule has 1 aliphatic rings. The summed E-state index contributed by atoms with van der Waals surface area (Å²) in [4.78, 5) is 8.51. The summed E-state index contributed by atoms with van der Waals surface area (Å²) >= 11 is 0. The number of nitrogens with zero attached hydrogens (tertiary/aromatic N) is 2. The zero-order valence-corrected chi connectivity index (χ0v) is 8.93. The largest absolute Gasteiger partial charge is 0.384 e. The molecule has 0 amide bonds. The summed E-state index contributed by atoms with van der Waals surface area (Å²) in [6.45, 7) is 0. The van der Waals surface area contributed by atoms with Crippen LogP contribution < -0.4 is 5.73 Å². The molecule has 0 saturated carbocycles. The molecule has 1 unspecified atom stereocenters. The maximum atomic E-state index is 5.71. The number of nitrogen functional groups attached to an aromatic ring is 1. The lowest BCUT2D eigenvalue weighted by Crippen LogP contribution is -2.00. The van der Waals surface area contributed by atoms with Crippen molar-refractivity contribution >= 4 is 5.82 Å². The Kier molecular flexibility index (Phi) is 2.10. The van der Waals surface area contributed by atoms with Crippen LogP contribution in [-0.4, -0.2) is 9.97 Å². The topological polar surface area (TPSA) is 51.8 Å². The molecule has 3 rings (SSSR count). The van der Waals surface area contributed by atoms with Crippen molar-refractivity contribution in [3.8, 4) is 0 Å². The fraction of sp³-hybridized carbons (Fsp3) is 0.231. The van der Waals surface area contributed by atoms with Crippen LogP contribution in [0.5, 0.6) is 0 Å². The first-order valence-electron chi connectivity index (χ1n) is 5.50.